The SMILES string of the molecule is O=S(=O)(NCc1ccco1)c1ccc(Br)cc1Cl. The van der Waals surface area contributed by atoms with Crippen molar-refractivity contribution >= 4 is 37.6 Å². The molecule has 0 fully saturated rings. The Bertz CT molecular complexity index is 640. The van der Waals surface area contributed by atoms with Gasteiger partial charge in [-0.2, -0.15) is 0 Å². The van der Waals surface area contributed by atoms with Crippen LogP contribution in [0.1, 0.15) is 5.76 Å². The van der Waals surface area contributed by atoms with Crippen molar-refractivity contribution in [3.63, 3.8) is 0 Å². The summed E-state index contributed by atoms with van der Waals surface area (Å²) >= 11 is 9.12. The van der Waals surface area contributed by atoms with Crippen LogP contribution in [-0.2, 0) is 16.6 Å². The molecule has 0 saturated carbocycles. The monoisotopic (exact) mass is 349 g/mol. The molecule has 0 aliphatic carbocycles. The first kappa shape index (κ1) is 13.6. The molecule has 1 heterocycles. The molecular weight excluding hydrogens is 342 g/mol. The van der Waals surface area contributed by atoms with Crippen LogP contribution in [0.4, 0.5) is 0 Å². The molecule has 0 amide bonds. The minimum absolute atomic E-state index is 0.0407. The number of hydrogen-bond donors (Lipinski definition) is 1. The summed E-state index contributed by atoms with van der Waals surface area (Å²) in [6.45, 7) is 0.0850. The number of rotatable bonds is 4. The van der Waals surface area contributed by atoms with Crippen LogP contribution in [0.2, 0.25) is 5.02 Å². The predicted molar refractivity (Wildman–Crippen MR) is 71.9 cm³/mol. The molecule has 4 nitrogen and oxygen atoms in total. The molecule has 0 radical (unpaired) electrons. The first-order valence-corrected chi connectivity index (χ1v) is 7.61. The quantitative estimate of drug-likeness (QED) is 0.921. The van der Waals surface area contributed by atoms with Crippen molar-refractivity contribution in [2.45, 2.75) is 11.4 Å². The lowest BCUT2D eigenvalue weighted by Gasteiger charge is -2.07. The highest BCUT2D eigenvalue weighted by Gasteiger charge is 2.18. The average molecular weight is 351 g/mol. The number of sulfonamides is 1. The van der Waals surface area contributed by atoms with Crippen molar-refractivity contribution in [3.05, 3.63) is 51.9 Å². The highest BCUT2D eigenvalue weighted by molar-refractivity contribution is 9.10. The molecule has 0 atom stereocenters. The molecular formula is C11H9BrClNO3S. The van der Waals surface area contributed by atoms with Gasteiger partial charge in [0, 0.05) is 4.47 Å². The number of hydrogen-bond acceptors (Lipinski definition) is 3. The maximum atomic E-state index is 12.0. The summed E-state index contributed by atoms with van der Waals surface area (Å²) in [4.78, 5) is 0.0407. The third-order valence-electron chi connectivity index (χ3n) is 2.20. The minimum atomic E-state index is -3.65. The highest BCUT2D eigenvalue weighted by atomic mass is 79.9. The summed E-state index contributed by atoms with van der Waals surface area (Å²) in [6, 6.07) is 7.97. The summed E-state index contributed by atoms with van der Waals surface area (Å²) in [5, 5.41) is 0.163. The predicted octanol–water partition coefficient (Wildman–Crippen LogP) is 3.17. The van der Waals surface area contributed by atoms with Gasteiger partial charge in [0.05, 0.1) is 17.8 Å². The molecule has 18 heavy (non-hydrogen) atoms. The highest BCUT2D eigenvalue weighted by Crippen LogP contribution is 2.25. The number of nitrogens with one attached hydrogen (secondary N) is 1. The van der Waals surface area contributed by atoms with Crippen LogP contribution in [0.25, 0.3) is 0 Å². The fourth-order valence-corrected chi connectivity index (χ4v) is 3.38. The Labute approximate surface area is 118 Å². The summed E-state index contributed by atoms with van der Waals surface area (Å²) < 4.78 is 32.2. The van der Waals surface area contributed by atoms with Gasteiger partial charge in [0.25, 0.3) is 0 Å². The molecule has 0 aliphatic rings. The van der Waals surface area contributed by atoms with Crippen LogP contribution in [0.15, 0.2) is 50.4 Å². The summed E-state index contributed by atoms with van der Waals surface area (Å²) in [6.07, 6.45) is 1.48. The zero-order valence-corrected chi connectivity index (χ0v) is 12.2. The Hall–Kier alpha value is -0.820. The van der Waals surface area contributed by atoms with Crippen molar-refractivity contribution in [2.75, 3.05) is 0 Å². The van der Waals surface area contributed by atoms with E-state index >= 15 is 0 Å². The van der Waals surface area contributed by atoms with E-state index in [2.05, 4.69) is 20.7 Å². The maximum Gasteiger partial charge on any atom is 0.242 e. The second kappa shape index (κ2) is 5.44. The van der Waals surface area contributed by atoms with Crippen LogP contribution < -0.4 is 4.72 Å². The molecule has 0 bridgehead atoms. The Kier molecular flexibility index (Phi) is 4.11. The normalized spacial score (nSPS) is 11.7. The van der Waals surface area contributed by atoms with Crippen LogP contribution in [0.3, 0.4) is 0 Å². The summed E-state index contributed by atoms with van der Waals surface area (Å²) in [5.74, 6) is 0.534. The molecule has 96 valence electrons. The second-order valence-electron chi connectivity index (χ2n) is 3.48. The van der Waals surface area contributed by atoms with Crippen LogP contribution in [0, 0.1) is 0 Å². The van der Waals surface area contributed by atoms with Crippen molar-refractivity contribution in [3.8, 4) is 0 Å². The summed E-state index contributed by atoms with van der Waals surface area (Å²) in [5.41, 5.74) is 0. The molecule has 2 rings (SSSR count). The first-order chi connectivity index (χ1) is 8.49. The van der Waals surface area contributed by atoms with E-state index in [4.69, 9.17) is 16.0 Å². The van der Waals surface area contributed by atoms with Crippen molar-refractivity contribution in [1.82, 2.24) is 4.72 Å². The molecule has 0 saturated heterocycles. The van der Waals surface area contributed by atoms with Gasteiger partial charge in [-0.1, -0.05) is 27.5 Å². The lowest BCUT2D eigenvalue weighted by molar-refractivity contribution is 0.498. The molecule has 0 unspecified atom stereocenters. The van der Waals surface area contributed by atoms with E-state index in [0.29, 0.717) is 5.76 Å². The zero-order valence-electron chi connectivity index (χ0n) is 9.06. The lowest BCUT2D eigenvalue weighted by Crippen LogP contribution is -2.23. The zero-order chi connectivity index (χ0) is 13.2. The molecule has 7 heteroatoms. The van der Waals surface area contributed by atoms with E-state index in [9.17, 15) is 8.42 Å². The van der Waals surface area contributed by atoms with E-state index in [1.54, 1.807) is 18.2 Å². The van der Waals surface area contributed by atoms with Gasteiger partial charge >= 0.3 is 0 Å². The standard InChI is InChI=1S/C11H9BrClNO3S/c12-8-3-4-11(10(13)6-8)18(15,16)14-7-9-2-1-5-17-9/h1-6,14H,7H2. The van der Waals surface area contributed by atoms with Crippen molar-refractivity contribution in [1.29, 1.82) is 0 Å². The summed E-state index contributed by atoms with van der Waals surface area (Å²) in [7, 11) is -3.65. The maximum absolute atomic E-state index is 12.0. The fraction of sp³-hybridized carbons (Fsp3) is 0.0909. The van der Waals surface area contributed by atoms with Gasteiger partial charge in [-0.05, 0) is 30.3 Å². The molecule has 0 aliphatic heterocycles. The van der Waals surface area contributed by atoms with Crippen LogP contribution >= 0.6 is 27.5 Å². The van der Waals surface area contributed by atoms with Crippen molar-refractivity contribution in [2.24, 2.45) is 0 Å². The number of halogens is 2. The van der Waals surface area contributed by atoms with Gasteiger partial charge in [0.1, 0.15) is 10.7 Å². The van der Waals surface area contributed by atoms with Gasteiger partial charge < -0.3 is 4.42 Å². The van der Waals surface area contributed by atoms with Crippen LogP contribution in [-0.4, -0.2) is 8.42 Å². The van der Waals surface area contributed by atoms with Gasteiger partial charge in [0.15, 0.2) is 0 Å². The third kappa shape index (κ3) is 3.14. The molecule has 1 aromatic heterocycles. The van der Waals surface area contributed by atoms with Gasteiger partial charge in [0.2, 0.25) is 10.0 Å². The van der Waals surface area contributed by atoms with E-state index in [0.717, 1.165) is 4.47 Å². The Morgan fingerprint density at radius 1 is 1.33 bits per heavy atom. The Morgan fingerprint density at radius 3 is 2.72 bits per heavy atom. The molecule has 0 spiro atoms. The minimum Gasteiger partial charge on any atom is -0.468 e. The lowest BCUT2D eigenvalue weighted by atomic mass is 10.4. The Balaban J connectivity index is 2.20. The molecule has 1 N–H and O–H groups in total. The average Bonchev–Trinajstić information content (AvgIpc) is 2.78. The number of furan rings is 1. The van der Waals surface area contributed by atoms with Gasteiger partial charge in [-0.15, -0.1) is 0 Å². The van der Waals surface area contributed by atoms with E-state index in [1.807, 2.05) is 0 Å². The third-order valence-corrected chi connectivity index (χ3v) is 4.58. The van der Waals surface area contributed by atoms with Gasteiger partial charge in [-0.3, -0.25) is 0 Å². The van der Waals surface area contributed by atoms with Crippen LogP contribution in [0.5, 0.6) is 0 Å². The topological polar surface area (TPSA) is 59.3 Å². The van der Waals surface area contributed by atoms with Gasteiger partial charge in [-0.25, -0.2) is 13.1 Å². The molecule has 1 aromatic carbocycles. The molecule has 2 aromatic rings. The van der Waals surface area contributed by atoms with E-state index in [1.165, 1.54) is 18.4 Å². The fourth-order valence-electron chi connectivity index (χ4n) is 1.35. The first-order valence-electron chi connectivity index (χ1n) is 4.96. The Morgan fingerprint density at radius 2 is 2.11 bits per heavy atom. The number of benzene rings is 1. The smallest absolute Gasteiger partial charge is 0.242 e. The van der Waals surface area contributed by atoms with Crippen molar-refractivity contribution < 1.29 is 12.8 Å². The largest absolute Gasteiger partial charge is 0.468 e. The van der Waals surface area contributed by atoms with E-state index < -0.39 is 10.0 Å². The van der Waals surface area contributed by atoms with E-state index in [-0.39, 0.29) is 16.5 Å². The second-order valence-corrected chi connectivity index (χ2v) is 6.54.